The van der Waals surface area contributed by atoms with Crippen LogP contribution in [0, 0.1) is 23.6 Å². The normalized spacial score (nSPS) is 24.7. The number of nitrogens with one attached hydrogen (secondary N) is 1. The van der Waals surface area contributed by atoms with Gasteiger partial charge in [0.15, 0.2) is 0 Å². The van der Waals surface area contributed by atoms with Crippen LogP contribution in [0.1, 0.15) is 5.56 Å². The van der Waals surface area contributed by atoms with Gasteiger partial charge in [-0.15, -0.1) is 0 Å². The Morgan fingerprint density at radius 3 is 1.86 bits per heavy atom. The molecule has 1 aromatic carbocycles. The van der Waals surface area contributed by atoms with Crippen LogP contribution in [0.3, 0.4) is 0 Å². The molecule has 1 saturated heterocycles. The standard InChI is InChI=1S/C14H12FNO6/c15-7-3-1-6(2-4-7)5-8-9(13(19)20)11(17)16-12(18)10(8)14(21)22/h1-4,8-10H,5H2,(H,19,20)(H,21,22)(H,16,17,18). The molecule has 0 aromatic heterocycles. The van der Waals surface area contributed by atoms with Crippen LogP contribution in [0.15, 0.2) is 24.3 Å². The van der Waals surface area contributed by atoms with Crippen LogP contribution in [0.25, 0.3) is 0 Å². The molecule has 8 heteroatoms. The zero-order valence-corrected chi connectivity index (χ0v) is 11.2. The molecule has 1 aromatic rings. The molecule has 22 heavy (non-hydrogen) atoms. The third-order valence-corrected chi connectivity index (χ3v) is 3.58. The summed E-state index contributed by atoms with van der Waals surface area (Å²) in [7, 11) is 0. The highest BCUT2D eigenvalue weighted by Gasteiger charge is 2.50. The number of carboxylic acids is 2. The van der Waals surface area contributed by atoms with Crippen molar-refractivity contribution in [2.75, 3.05) is 0 Å². The van der Waals surface area contributed by atoms with Crippen LogP contribution in [-0.4, -0.2) is 34.0 Å². The van der Waals surface area contributed by atoms with Crippen molar-refractivity contribution in [3.05, 3.63) is 35.6 Å². The highest BCUT2D eigenvalue weighted by molar-refractivity contribution is 6.13. The fraction of sp³-hybridized carbons (Fsp3) is 0.286. The molecule has 1 heterocycles. The monoisotopic (exact) mass is 309 g/mol. The lowest BCUT2D eigenvalue weighted by atomic mass is 9.74. The summed E-state index contributed by atoms with van der Waals surface area (Å²) >= 11 is 0. The van der Waals surface area contributed by atoms with Crippen LogP contribution < -0.4 is 5.32 Å². The first-order valence-corrected chi connectivity index (χ1v) is 6.36. The smallest absolute Gasteiger partial charge is 0.316 e. The van der Waals surface area contributed by atoms with E-state index in [1.165, 1.54) is 12.1 Å². The predicted molar refractivity (Wildman–Crippen MR) is 69.0 cm³/mol. The quantitative estimate of drug-likeness (QED) is 0.533. The van der Waals surface area contributed by atoms with Gasteiger partial charge in [0.25, 0.3) is 0 Å². The Balaban J connectivity index is 2.39. The largest absolute Gasteiger partial charge is 0.481 e. The SMILES string of the molecule is O=C(O)C1C(=O)NC(=O)C(C(=O)O)C1Cc1ccc(F)cc1. The number of amides is 2. The second-order valence-electron chi connectivity index (χ2n) is 4.98. The third-order valence-electron chi connectivity index (χ3n) is 3.58. The summed E-state index contributed by atoms with van der Waals surface area (Å²) in [6.07, 6.45) is -0.145. The zero-order chi connectivity index (χ0) is 16.4. The Morgan fingerprint density at radius 2 is 1.45 bits per heavy atom. The van der Waals surface area contributed by atoms with Gasteiger partial charge in [0.05, 0.1) is 0 Å². The molecule has 1 aliphatic rings. The van der Waals surface area contributed by atoms with E-state index in [1.807, 2.05) is 0 Å². The highest BCUT2D eigenvalue weighted by Crippen LogP contribution is 2.30. The van der Waals surface area contributed by atoms with Gasteiger partial charge in [-0.1, -0.05) is 12.1 Å². The highest BCUT2D eigenvalue weighted by atomic mass is 19.1. The number of piperidine rings is 1. The number of carbonyl (C=O) groups excluding carboxylic acids is 2. The molecular formula is C14H12FNO6. The molecule has 1 aliphatic heterocycles. The van der Waals surface area contributed by atoms with E-state index in [-0.39, 0.29) is 6.42 Å². The van der Waals surface area contributed by atoms with E-state index in [4.69, 9.17) is 10.2 Å². The van der Waals surface area contributed by atoms with Crippen LogP contribution in [-0.2, 0) is 25.6 Å². The Morgan fingerprint density at radius 1 is 1.00 bits per heavy atom. The van der Waals surface area contributed by atoms with Crippen molar-refractivity contribution < 1.29 is 33.8 Å². The molecule has 0 bridgehead atoms. The van der Waals surface area contributed by atoms with E-state index in [0.717, 1.165) is 12.1 Å². The average molecular weight is 309 g/mol. The van der Waals surface area contributed by atoms with Crippen molar-refractivity contribution in [3.8, 4) is 0 Å². The van der Waals surface area contributed by atoms with Crippen LogP contribution in [0.4, 0.5) is 4.39 Å². The first-order chi connectivity index (χ1) is 10.3. The van der Waals surface area contributed by atoms with Crippen molar-refractivity contribution in [3.63, 3.8) is 0 Å². The number of imide groups is 1. The van der Waals surface area contributed by atoms with Crippen LogP contribution in [0.5, 0.6) is 0 Å². The maximum Gasteiger partial charge on any atom is 0.316 e. The predicted octanol–water partition coefficient (Wildman–Crippen LogP) is 0.0424. The van der Waals surface area contributed by atoms with Crippen molar-refractivity contribution in [2.24, 2.45) is 17.8 Å². The molecule has 116 valence electrons. The van der Waals surface area contributed by atoms with E-state index in [9.17, 15) is 23.6 Å². The van der Waals surface area contributed by atoms with Gasteiger partial charge in [-0.3, -0.25) is 24.5 Å². The van der Waals surface area contributed by atoms with Gasteiger partial charge in [0, 0.05) is 5.92 Å². The molecule has 2 unspecified atom stereocenters. The molecule has 2 atom stereocenters. The molecule has 0 spiro atoms. The molecule has 7 nitrogen and oxygen atoms in total. The summed E-state index contributed by atoms with van der Waals surface area (Å²) < 4.78 is 12.9. The third kappa shape index (κ3) is 2.95. The summed E-state index contributed by atoms with van der Waals surface area (Å²) in [5, 5.41) is 20.1. The van der Waals surface area contributed by atoms with E-state index in [2.05, 4.69) is 0 Å². The number of aliphatic carboxylic acids is 2. The molecule has 2 amide bonds. The molecular weight excluding hydrogens is 297 g/mol. The number of hydrogen-bond donors (Lipinski definition) is 3. The van der Waals surface area contributed by atoms with Gasteiger partial charge < -0.3 is 10.2 Å². The second-order valence-corrected chi connectivity index (χ2v) is 4.98. The van der Waals surface area contributed by atoms with Crippen molar-refractivity contribution in [1.29, 1.82) is 0 Å². The summed E-state index contributed by atoms with van der Waals surface area (Å²) in [5.74, 6) is -10.2. The fourth-order valence-corrected chi connectivity index (χ4v) is 2.58. The Hall–Kier alpha value is -2.77. The van der Waals surface area contributed by atoms with Gasteiger partial charge in [-0.05, 0) is 24.1 Å². The van der Waals surface area contributed by atoms with E-state index >= 15 is 0 Å². The zero-order valence-electron chi connectivity index (χ0n) is 11.2. The van der Waals surface area contributed by atoms with Gasteiger partial charge in [-0.25, -0.2) is 4.39 Å². The number of hydrogen-bond acceptors (Lipinski definition) is 4. The number of benzene rings is 1. The maximum absolute atomic E-state index is 12.9. The average Bonchev–Trinajstić information content (AvgIpc) is 2.39. The molecule has 0 aliphatic carbocycles. The number of carboxylic acid groups (broad SMARTS) is 2. The molecule has 1 fully saturated rings. The minimum absolute atomic E-state index is 0.145. The maximum atomic E-state index is 12.9. The summed E-state index contributed by atoms with van der Waals surface area (Å²) in [4.78, 5) is 45.9. The first-order valence-electron chi connectivity index (χ1n) is 6.36. The number of carbonyl (C=O) groups is 4. The van der Waals surface area contributed by atoms with Crippen molar-refractivity contribution >= 4 is 23.8 Å². The molecule has 2 rings (SSSR count). The lowest BCUT2D eigenvalue weighted by Crippen LogP contribution is -2.57. The van der Waals surface area contributed by atoms with E-state index < -0.39 is 47.3 Å². The number of halogens is 1. The van der Waals surface area contributed by atoms with Gasteiger partial charge >= 0.3 is 11.9 Å². The number of rotatable bonds is 4. The Bertz CT molecular complexity index is 609. The van der Waals surface area contributed by atoms with Crippen molar-refractivity contribution in [2.45, 2.75) is 6.42 Å². The van der Waals surface area contributed by atoms with Crippen LogP contribution in [0.2, 0.25) is 0 Å². The second kappa shape index (κ2) is 5.92. The summed E-state index contributed by atoms with van der Waals surface area (Å²) in [6, 6.07) is 4.96. The van der Waals surface area contributed by atoms with Gasteiger partial charge in [-0.2, -0.15) is 0 Å². The minimum atomic E-state index is -1.66. The Kier molecular flexibility index (Phi) is 4.20. The van der Waals surface area contributed by atoms with E-state index in [0.29, 0.717) is 5.56 Å². The molecule has 0 saturated carbocycles. The lowest BCUT2D eigenvalue weighted by Gasteiger charge is -2.32. The van der Waals surface area contributed by atoms with E-state index in [1.54, 1.807) is 5.32 Å². The molecule has 0 radical (unpaired) electrons. The minimum Gasteiger partial charge on any atom is -0.481 e. The summed E-state index contributed by atoms with van der Waals surface area (Å²) in [6.45, 7) is 0. The van der Waals surface area contributed by atoms with Gasteiger partial charge in [0.2, 0.25) is 11.8 Å². The lowest BCUT2D eigenvalue weighted by molar-refractivity contribution is -0.161. The Labute approximate surface area is 123 Å². The van der Waals surface area contributed by atoms with Crippen molar-refractivity contribution in [1.82, 2.24) is 5.32 Å². The summed E-state index contributed by atoms with van der Waals surface area (Å²) in [5.41, 5.74) is 0.436. The molecule has 3 N–H and O–H groups in total. The van der Waals surface area contributed by atoms with Gasteiger partial charge in [0.1, 0.15) is 17.7 Å². The topological polar surface area (TPSA) is 121 Å². The fourth-order valence-electron chi connectivity index (χ4n) is 2.58. The first kappa shape index (κ1) is 15.6. The van der Waals surface area contributed by atoms with Crippen LogP contribution >= 0.6 is 0 Å².